The van der Waals surface area contributed by atoms with Gasteiger partial charge in [-0.1, -0.05) is 30.8 Å². The molecule has 0 saturated heterocycles. The minimum Gasteiger partial charge on any atom is -0.423 e. The van der Waals surface area contributed by atoms with Gasteiger partial charge in [-0.05, 0) is 37.6 Å². The fourth-order valence-corrected chi connectivity index (χ4v) is 2.27. The third-order valence-electron chi connectivity index (χ3n) is 2.56. The Morgan fingerprint density at radius 1 is 1.30 bits per heavy atom. The molecular weight excluding hydrogens is 272 g/mol. The van der Waals surface area contributed by atoms with Gasteiger partial charge in [-0.3, -0.25) is 0 Å². The lowest BCUT2D eigenvalue weighted by atomic mass is 10.2. The van der Waals surface area contributed by atoms with Gasteiger partial charge in [0.05, 0.1) is 0 Å². The van der Waals surface area contributed by atoms with Gasteiger partial charge in [0.2, 0.25) is 0 Å². The van der Waals surface area contributed by atoms with Crippen molar-refractivity contribution in [3.63, 3.8) is 0 Å². The number of unbranched alkanes of at least 4 members (excludes halogenated alkanes) is 1. The number of hydrogen-bond acceptors (Lipinski definition) is 5. The number of nitrogens with zero attached hydrogens (tertiary/aromatic N) is 2. The van der Waals surface area contributed by atoms with E-state index in [0.717, 1.165) is 28.4 Å². The molecule has 0 N–H and O–H groups in total. The average molecular weight is 288 g/mol. The van der Waals surface area contributed by atoms with Crippen LogP contribution in [0.2, 0.25) is 0 Å². The summed E-state index contributed by atoms with van der Waals surface area (Å²) >= 11 is 1.53. The molecule has 0 aliphatic rings. The number of carbonyl (C=O) groups is 1. The third kappa shape index (κ3) is 3.99. The highest BCUT2D eigenvalue weighted by molar-refractivity contribution is 7.14. The molecule has 20 heavy (non-hydrogen) atoms. The zero-order chi connectivity index (χ0) is 14.4. The smallest absolute Gasteiger partial charge is 0.335 e. The van der Waals surface area contributed by atoms with Crippen LogP contribution in [0.3, 0.4) is 0 Å². The normalized spacial score (nSPS) is 10.9. The summed E-state index contributed by atoms with van der Waals surface area (Å²) in [7, 11) is 0. The van der Waals surface area contributed by atoms with Crippen LogP contribution in [0.5, 0.6) is 5.75 Å². The fourth-order valence-electron chi connectivity index (χ4n) is 1.58. The van der Waals surface area contributed by atoms with Crippen LogP contribution < -0.4 is 4.74 Å². The van der Waals surface area contributed by atoms with Crippen molar-refractivity contribution in [1.82, 2.24) is 10.2 Å². The number of aryl methyl sites for hydroxylation is 1. The summed E-state index contributed by atoms with van der Waals surface area (Å²) < 4.78 is 5.20. The first-order valence-electron chi connectivity index (χ1n) is 6.48. The number of allylic oxidation sites excluding steroid dienone is 1. The lowest BCUT2D eigenvalue weighted by molar-refractivity contribution is -0.129. The SMILES string of the molecule is CCCC=CC(=O)Oc1ccc(-c2nnc(C)s2)cc1. The quantitative estimate of drug-likeness (QED) is 0.477. The van der Waals surface area contributed by atoms with E-state index in [4.69, 9.17) is 4.74 Å². The molecule has 0 bridgehead atoms. The zero-order valence-electron chi connectivity index (χ0n) is 11.5. The topological polar surface area (TPSA) is 52.1 Å². The van der Waals surface area contributed by atoms with Gasteiger partial charge in [0, 0.05) is 11.6 Å². The Bertz CT molecular complexity index is 603. The molecule has 0 saturated carbocycles. The predicted molar refractivity (Wildman–Crippen MR) is 79.8 cm³/mol. The summed E-state index contributed by atoms with van der Waals surface area (Å²) in [5, 5.41) is 9.85. The molecule has 2 rings (SSSR count). The molecule has 0 radical (unpaired) electrons. The highest BCUT2D eigenvalue weighted by atomic mass is 32.1. The highest BCUT2D eigenvalue weighted by Gasteiger charge is 2.05. The first-order chi connectivity index (χ1) is 9.69. The maximum absolute atomic E-state index is 11.5. The Morgan fingerprint density at radius 3 is 2.65 bits per heavy atom. The Kier molecular flexibility index (Phi) is 5.01. The number of aromatic nitrogens is 2. The van der Waals surface area contributed by atoms with Gasteiger partial charge in [-0.15, -0.1) is 10.2 Å². The van der Waals surface area contributed by atoms with Crippen molar-refractivity contribution in [2.75, 3.05) is 0 Å². The number of esters is 1. The number of ether oxygens (including phenoxy) is 1. The molecule has 0 aliphatic heterocycles. The van der Waals surface area contributed by atoms with Gasteiger partial charge in [0.1, 0.15) is 15.8 Å². The molecule has 0 atom stereocenters. The monoisotopic (exact) mass is 288 g/mol. The Labute approximate surface area is 122 Å². The Morgan fingerprint density at radius 2 is 2.05 bits per heavy atom. The van der Waals surface area contributed by atoms with E-state index in [1.807, 2.05) is 25.1 Å². The van der Waals surface area contributed by atoms with Crippen molar-refractivity contribution >= 4 is 17.3 Å². The first-order valence-corrected chi connectivity index (χ1v) is 7.29. The van der Waals surface area contributed by atoms with Crippen LogP contribution in [0.15, 0.2) is 36.4 Å². The molecule has 0 spiro atoms. The molecular formula is C15H16N2O2S. The van der Waals surface area contributed by atoms with Crippen LogP contribution in [0.25, 0.3) is 10.6 Å². The molecule has 0 aliphatic carbocycles. The summed E-state index contributed by atoms with van der Waals surface area (Å²) in [5.74, 6) is 0.180. The number of rotatable bonds is 5. The van der Waals surface area contributed by atoms with Gasteiger partial charge < -0.3 is 4.74 Å². The number of carbonyl (C=O) groups excluding carboxylic acids is 1. The molecule has 2 aromatic rings. The van der Waals surface area contributed by atoms with Crippen molar-refractivity contribution in [1.29, 1.82) is 0 Å². The third-order valence-corrected chi connectivity index (χ3v) is 3.44. The van der Waals surface area contributed by atoms with Gasteiger partial charge in [0.25, 0.3) is 0 Å². The summed E-state index contributed by atoms with van der Waals surface area (Å²) in [6.07, 6.45) is 5.18. The van der Waals surface area contributed by atoms with E-state index in [9.17, 15) is 4.79 Å². The largest absolute Gasteiger partial charge is 0.423 e. The Hall–Kier alpha value is -2.01. The molecule has 0 fully saturated rings. The zero-order valence-corrected chi connectivity index (χ0v) is 12.3. The van der Waals surface area contributed by atoms with Crippen molar-refractivity contribution < 1.29 is 9.53 Å². The lowest BCUT2D eigenvalue weighted by Gasteiger charge is -2.02. The standard InChI is InChI=1S/C15H16N2O2S/c1-3-4-5-6-14(18)19-13-9-7-12(8-10-13)15-17-16-11(2)20-15/h5-10H,3-4H2,1-2H3. The van der Waals surface area contributed by atoms with Crippen molar-refractivity contribution in [3.8, 4) is 16.3 Å². The van der Waals surface area contributed by atoms with E-state index in [1.54, 1.807) is 12.1 Å². The molecule has 0 unspecified atom stereocenters. The average Bonchev–Trinajstić information content (AvgIpc) is 2.86. The van der Waals surface area contributed by atoms with E-state index in [-0.39, 0.29) is 5.97 Å². The maximum atomic E-state index is 11.5. The van der Waals surface area contributed by atoms with E-state index in [2.05, 4.69) is 17.1 Å². The second-order valence-corrected chi connectivity index (χ2v) is 5.44. The van der Waals surface area contributed by atoms with Crippen molar-refractivity contribution in [3.05, 3.63) is 41.4 Å². The first kappa shape index (κ1) is 14.4. The second kappa shape index (κ2) is 6.96. The molecule has 1 aromatic heterocycles. The predicted octanol–water partition coefficient (Wildman–Crippen LogP) is 3.78. The Balaban J connectivity index is 2.00. The molecule has 4 nitrogen and oxygen atoms in total. The van der Waals surface area contributed by atoms with Crippen molar-refractivity contribution in [2.24, 2.45) is 0 Å². The molecule has 104 valence electrons. The van der Waals surface area contributed by atoms with E-state index in [0.29, 0.717) is 5.75 Å². The van der Waals surface area contributed by atoms with Gasteiger partial charge in [-0.2, -0.15) is 0 Å². The summed E-state index contributed by atoms with van der Waals surface area (Å²) in [4.78, 5) is 11.5. The van der Waals surface area contributed by atoms with Crippen LogP contribution in [0, 0.1) is 6.92 Å². The van der Waals surface area contributed by atoms with E-state index < -0.39 is 0 Å². The number of benzene rings is 1. The molecule has 5 heteroatoms. The van der Waals surface area contributed by atoms with Crippen LogP contribution in [-0.4, -0.2) is 16.2 Å². The fraction of sp³-hybridized carbons (Fsp3) is 0.267. The van der Waals surface area contributed by atoms with E-state index >= 15 is 0 Å². The van der Waals surface area contributed by atoms with Gasteiger partial charge >= 0.3 is 5.97 Å². The van der Waals surface area contributed by atoms with Crippen LogP contribution in [-0.2, 0) is 4.79 Å². The number of hydrogen-bond donors (Lipinski definition) is 0. The summed E-state index contributed by atoms with van der Waals surface area (Å²) in [6, 6.07) is 7.27. The summed E-state index contributed by atoms with van der Waals surface area (Å²) in [6.45, 7) is 3.98. The van der Waals surface area contributed by atoms with Gasteiger partial charge in [0.15, 0.2) is 0 Å². The highest BCUT2D eigenvalue weighted by Crippen LogP contribution is 2.25. The van der Waals surface area contributed by atoms with E-state index in [1.165, 1.54) is 17.4 Å². The van der Waals surface area contributed by atoms with Crippen molar-refractivity contribution in [2.45, 2.75) is 26.7 Å². The summed E-state index contributed by atoms with van der Waals surface area (Å²) in [5.41, 5.74) is 0.969. The molecule has 1 aromatic carbocycles. The van der Waals surface area contributed by atoms with Crippen LogP contribution in [0.1, 0.15) is 24.8 Å². The van der Waals surface area contributed by atoms with Gasteiger partial charge in [-0.25, -0.2) is 4.79 Å². The molecule has 1 heterocycles. The van der Waals surface area contributed by atoms with Crippen LogP contribution >= 0.6 is 11.3 Å². The lowest BCUT2D eigenvalue weighted by Crippen LogP contribution is -2.03. The van der Waals surface area contributed by atoms with Crippen LogP contribution in [0.4, 0.5) is 0 Å². The molecule has 0 amide bonds. The minimum atomic E-state index is -0.349. The maximum Gasteiger partial charge on any atom is 0.335 e. The second-order valence-electron chi connectivity index (χ2n) is 4.26. The minimum absolute atomic E-state index is 0.349.